The predicted octanol–water partition coefficient (Wildman–Crippen LogP) is 2.99. The molecule has 0 amide bonds. The minimum Gasteiger partial charge on any atom is -0.491 e. The van der Waals surface area contributed by atoms with Crippen LogP contribution < -0.4 is 4.74 Å². The van der Waals surface area contributed by atoms with Gasteiger partial charge in [-0.05, 0) is 40.5 Å². The summed E-state index contributed by atoms with van der Waals surface area (Å²) in [6.45, 7) is 2.43. The van der Waals surface area contributed by atoms with E-state index >= 15 is 0 Å². The van der Waals surface area contributed by atoms with Crippen LogP contribution in [0.25, 0.3) is 0 Å². The zero-order valence-electron chi connectivity index (χ0n) is 7.18. The van der Waals surface area contributed by atoms with Crippen LogP contribution in [0.3, 0.4) is 0 Å². The molecule has 0 aliphatic heterocycles. The van der Waals surface area contributed by atoms with Crippen molar-refractivity contribution in [3.05, 3.63) is 27.2 Å². The second-order valence-corrected chi connectivity index (χ2v) is 3.74. The number of rotatable bonds is 3. The number of halogens is 2. The first-order chi connectivity index (χ1) is 6.19. The highest BCUT2D eigenvalue weighted by atomic mass is 79.9. The number of benzene rings is 1. The highest BCUT2D eigenvalue weighted by molar-refractivity contribution is 9.10. The normalized spacial score (nSPS) is 10.2. The van der Waals surface area contributed by atoms with E-state index in [1.54, 1.807) is 12.1 Å². The molecule has 0 saturated heterocycles. The highest BCUT2D eigenvalue weighted by Gasteiger charge is 2.07. The van der Waals surface area contributed by atoms with Gasteiger partial charge in [-0.1, -0.05) is 11.6 Å². The first-order valence-corrected chi connectivity index (χ1v) is 5.07. The Morgan fingerprint density at radius 1 is 1.54 bits per heavy atom. The van der Waals surface area contributed by atoms with Crippen LogP contribution in [0.1, 0.15) is 12.5 Å². The van der Waals surface area contributed by atoms with Crippen molar-refractivity contribution in [3.63, 3.8) is 0 Å². The van der Waals surface area contributed by atoms with Crippen LogP contribution in [0, 0.1) is 0 Å². The molecule has 0 unspecified atom stereocenters. The van der Waals surface area contributed by atoms with E-state index in [2.05, 4.69) is 15.9 Å². The quantitative estimate of drug-likeness (QED) is 0.910. The molecule has 1 aromatic carbocycles. The van der Waals surface area contributed by atoms with Crippen molar-refractivity contribution in [3.8, 4) is 5.75 Å². The summed E-state index contributed by atoms with van der Waals surface area (Å²) in [5.74, 6) is 0.626. The van der Waals surface area contributed by atoms with Gasteiger partial charge in [0.1, 0.15) is 0 Å². The molecule has 0 aromatic heterocycles. The fourth-order valence-electron chi connectivity index (χ4n) is 0.986. The second kappa shape index (κ2) is 4.84. The largest absolute Gasteiger partial charge is 0.491 e. The van der Waals surface area contributed by atoms with Crippen LogP contribution in [0.5, 0.6) is 5.75 Å². The third-order valence-electron chi connectivity index (χ3n) is 1.53. The summed E-state index contributed by atoms with van der Waals surface area (Å²) >= 11 is 9.25. The summed E-state index contributed by atoms with van der Waals surface area (Å²) in [4.78, 5) is 0. The molecule has 13 heavy (non-hydrogen) atoms. The van der Waals surface area contributed by atoms with Gasteiger partial charge in [0.25, 0.3) is 0 Å². The molecule has 72 valence electrons. The van der Waals surface area contributed by atoms with E-state index in [-0.39, 0.29) is 6.61 Å². The minimum absolute atomic E-state index is 0.0231. The topological polar surface area (TPSA) is 29.5 Å². The van der Waals surface area contributed by atoms with Crippen LogP contribution >= 0.6 is 27.5 Å². The zero-order valence-corrected chi connectivity index (χ0v) is 9.52. The second-order valence-electron chi connectivity index (χ2n) is 2.48. The summed E-state index contributed by atoms with van der Waals surface area (Å²) in [6.07, 6.45) is 0. The lowest BCUT2D eigenvalue weighted by Gasteiger charge is -2.09. The minimum atomic E-state index is -0.0231. The van der Waals surface area contributed by atoms with Gasteiger partial charge >= 0.3 is 0 Å². The average molecular weight is 266 g/mol. The van der Waals surface area contributed by atoms with Crippen LogP contribution in [-0.4, -0.2) is 11.7 Å². The maximum atomic E-state index is 8.89. The summed E-state index contributed by atoms with van der Waals surface area (Å²) in [7, 11) is 0. The van der Waals surface area contributed by atoms with E-state index in [1.807, 2.05) is 6.92 Å². The molecule has 2 nitrogen and oxygen atoms in total. The average Bonchev–Trinajstić information content (AvgIpc) is 2.11. The number of hydrogen-bond acceptors (Lipinski definition) is 2. The van der Waals surface area contributed by atoms with Crippen molar-refractivity contribution in [2.24, 2.45) is 0 Å². The molecule has 0 heterocycles. The van der Waals surface area contributed by atoms with Crippen molar-refractivity contribution >= 4 is 27.5 Å². The van der Waals surface area contributed by atoms with Gasteiger partial charge in [-0.25, -0.2) is 0 Å². The highest BCUT2D eigenvalue weighted by Crippen LogP contribution is 2.34. The molecule has 0 saturated carbocycles. The van der Waals surface area contributed by atoms with E-state index in [9.17, 15) is 0 Å². The fraction of sp³-hybridized carbons (Fsp3) is 0.333. The van der Waals surface area contributed by atoms with E-state index < -0.39 is 0 Å². The molecule has 4 heteroatoms. The van der Waals surface area contributed by atoms with Crippen LogP contribution in [0.4, 0.5) is 0 Å². The monoisotopic (exact) mass is 264 g/mol. The van der Waals surface area contributed by atoms with Gasteiger partial charge in [0.05, 0.1) is 22.7 Å². The van der Waals surface area contributed by atoms with Gasteiger partial charge in [-0.15, -0.1) is 0 Å². The lowest BCUT2D eigenvalue weighted by Crippen LogP contribution is -1.94. The van der Waals surface area contributed by atoms with Crippen molar-refractivity contribution < 1.29 is 9.84 Å². The third-order valence-corrected chi connectivity index (χ3v) is 2.40. The van der Waals surface area contributed by atoms with Crippen LogP contribution in [0.15, 0.2) is 16.6 Å². The van der Waals surface area contributed by atoms with Crippen LogP contribution in [0.2, 0.25) is 5.02 Å². The van der Waals surface area contributed by atoms with E-state index in [0.717, 1.165) is 10.0 Å². The number of ether oxygens (including phenoxy) is 1. The molecular weight excluding hydrogens is 255 g/mol. The smallest absolute Gasteiger partial charge is 0.152 e. The molecule has 0 aliphatic rings. The van der Waals surface area contributed by atoms with Gasteiger partial charge < -0.3 is 9.84 Å². The zero-order chi connectivity index (χ0) is 9.84. The summed E-state index contributed by atoms with van der Waals surface area (Å²) in [5, 5.41) is 9.40. The van der Waals surface area contributed by atoms with E-state index in [0.29, 0.717) is 17.4 Å². The molecule has 0 atom stereocenters. The fourth-order valence-corrected chi connectivity index (χ4v) is 2.02. The van der Waals surface area contributed by atoms with Gasteiger partial charge in [-0.2, -0.15) is 0 Å². The molecule has 0 spiro atoms. The Balaban J connectivity index is 3.07. The SMILES string of the molecule is CCOc1c(Cl)cc(CO)cc1Br. The van der Waals surface area contributed by atoms with Crippen molar-refractivity contribution in [1.29, 1.82) is 0 Å². The number of aliphatic hydroxyl groups excluding tert-OH is 1. The molecule has 1 N–H and O–H groups in total. The molecule has 1 rings (SSSR count). The Labute approximate surface area is 90.6 Å². The van der Waals surface area contributed by atoms with Gasteiger partial charge in [0, 0.05) is 0 Å². The first kappa shape index (κ1) is 10.8. The van der Waals surface area contributed by atoms with Gasteiger partial charge in [0.15, 0.2) is 5.75 Å². The molecule has 0 bridgehead atoms. The lowest BCUT2D eigenvalue weighted by molar-refractivity contribution is 0.281. The van der Waals surface area contributed by atoms with Crippen molar-refractivity contribution in [2.75, 3.05) is 6.61 Å². The van der Waals surface area contributed by atoms with Gasteiger partial charge in [-0.3, -0.25) is 0 Å². The Morgan fingerprint density at radius 3 is 2.69 bits per heavy atom. The summed E-state index contributed by atoms with van der Waals surface area (Å²) in [6, 6.07) is 3.48. The Bertz CT molecular complexity index is 279. The Morgan fingerprint density at radius 2 is 2.23 bits per heavy atom. The lowest BCUT2D eigenvalue weighted by atomic mass is 10.2. The van der Waals surface area contributed by atoms with E-state index in [1.165, 1.54) is 0 Å². The Kier molecular flexibility index (Phi) is 4.03. The predicted molar refractivity (Wildman–Crippen MR) is 56.2 cm³/mol. The molecule has 0 aliphatic carbocycles. The first-order valence-electron chi connectivity index (χ1n) is 3.90. The molecule has 0 radical (unpaired) electrons. The maximum Gasteiger partial charge on any atom is 0.152 e. The molecule has 0 fully saturated rings. The van der Waals surface area contributed by atoms with Crippen LogP contribution in [-0.2, 0) is 6.61 Å². The maximum absolute atomic E-state index is 8.89. The Hall–Kier alpha value is -0.250. The molecular formula is C9H10BrClO2. The van der Waals surface area contributed by atoms with Crippen molar-refractivity contribution in [2.45, 2.75) is 13.5 Å². The van der Waals surface area contributed by atoms with Crippen molar-refractivity contribution in [1.82, 2.24) is 0 Å². The summed E-state index contributed by atoms with van der Waals surface area (Å²) < 4.78 is 6.08. The number of hydrogen-bond donors (Lipinski definition) is 1. The van der Waals surface area contributed by atoms with Gasteiger partial charge in [0.2, 0.25) is 0 Å². The molecule has 1 aromatic rings. The van der Waals surface area contributed by atoms with E-state index in [4.69, 9.17) is 21.4 Å². The standard InChI is InChI=1S/C9H10BrClO2/c1-2-13-9-7(10)3-6(5-12)4-8(9)11/h3-4,12H,2,5H2,1H3. The summed E-state index contributed by atoms with van der Waals surface area (Å²) in [5.41, 5.74) is 0.764. The number of aliphatic hydroxyl groups is 1. The third kappa shape index (κ3) is 2.59.